The Balaban J connectivity index is 2.66. The molecule has 0 aliphatic heterocycles. The van der Waals surface area contributed by atoms with Crippen molar-refractivity contribution in [3.05, 3.63) is 29.3 Å². The van der Waals surface area contributed by atoms with E-state index in [1.54, 1.807) is 0 Å². The molecule has 0 aromatic heterocycles. The lowest BCUT2D eigenvalue weighted by molar-refractivity contribution is -0.138. The monoisotopic (exact) mass is 193 g/mol. The zero-order chi connectivity index (χ0) is 10.6. The predicted molar refractivity (Wildman–Crippen MR) is 56.4 cm³/mol. The lowest BCUT2D eigenvalue weighted by Crippen LogP contribution is -2.15. The molecule has 3 nitrogen and oxygen atoms in total. The van der Waals surface area contributed by atoms with Gasteiger partial charge >= 0.3 is 5.97 Å². The Bertz CT molecular complexity index is 334. The van der Waals surface area contributed by atoms with Crippen molar-refractivity contribution >= 4 is 11.7 Å². The minimum atomic E-state index is -0.258. The number of carbonyl (C=O) groups is 1. The third-order valence-corrected chi connectivity index (χ3v) is 2.04. The fourth-order valence-electron chi connectivity index (χ4n) is 1.17. The van der Waals surface area contributed by atoms with Crippen molar-refractivity contribution in [1.82, 2.24) is 0 Å². The zero-order valence-electron chi connectivity index (χ0n) is 8.76. The molecule has 1 N–H and O–H groups in total. The quantitative estimate of drug-likeness (QED) is 0.745. The molecule has 14 heavy (non-hydrogen) atoms. The number of aryl methyl sites for hydroxylation is 2. The number of nitrogens with one attached hydrogen (secondary N) is 1. The van der Waals surface area contributed by atoms with Gasteiger partial charge in [0.25, 0.3) is 0 Å². The van der Waals surface area contributed by atoms with Gasteiger partial charge in [0.2, 0.25) is 0 Å². The van der Waals surface area contributed by atoms with Crippen LogP contribution in [0.2, 0.25) is 0 Å². The summed E-state index contributed by atoms with van der Waals surface area (Å²) in [6.45, 7) is 4.22. The standard InChI is InChI=1S/C11H15NO2/c1-8-4-5-9(2)10(6-8)12-7-11(13)14-3/h4-6,12H,7H2,1-3H3. The van der Waals surface area contributed by atoms with Crippen molar-refractivity contribution in [3.8, 4) is 0 Å². The van der Waals surface area contributed by atoms with Crippen LogP contribution in [0.1, 0.15) is 11.1 Å². The minimum Gasteiger partial charge on any atom is -0.468 e. The summed E-state index contributed by atoms with van der Waals surface area (Å²) in [5.41, 5.74) is 3.28. The maximum absolute atomic E-state index is 10.9. The van der Waals surface area contributed by atoms with E-state index < -0.39 is 0 Å². The summed E-state index contributed by atoms with van der Waals surface area (Å²) < 4.78 is 4.54. The van der Waals surface area contributed by atoms with Gasteiger partial charge in [0.15, 0.2) is 0 Å². The summed E-state index contributed by atoms with van der Waals surface area (Å²) in [5.74, 6) is -0.258. The summed E-state index contributed by atoms with van der Waals surface area (Å²) in [7, 11) is 1.38. The molecule has 0 unspecified atom stereocenters. The molecule has 0 aliphatic carbocycles. The SMILES string of the molecule is COC(=O)CNc1cc(C)ccc1C. The first kappa shape index (κ1) is 10.6. The van der Waals surface area contributed by atoms with E-state index in [-0.39, 0.29) is 12.5 Å². The van der Waals surface area contributed by atoms with Crippen LogP contribution in [-0.2, 0) is 9.53 Å². The van der Waals surface area contributed by atoms with Crippen LogP contribution in [0.15, 0.2) is 18.2 Å². The molecule has 0 fully saturated rings. The molecule has 76 valence electrons. The van der Waals surface area contributed by atoms with E-state index in [4.69, 9.17) is 0 Å². The van der Waals surface area contributed by atoms with Crippen LogP contribution in [0.25, 0.3) is 0 Å². The van der Waals surface area contributed by atoms with Crippen LogP contribution in [0.3, 0.4) is 0 Å². The Morgan fingerprint density at radius 1 is 1.43 bits per heavy atom. The van der Waals surface area contributed by atoms with Crippen molar-refractivity contribution in [1.29, 1.82) is 0 Å². The van der Waals surface area contributed by atoms with Gasteiger partial charge in [-0.3, -0.25) is 4.79 Å². The highest BCUT2D eigenvalue weighted by Crippen LogP contribution is 2.15. The molecule has 0 saturated carbocycles. The highest BCUT2D eigenvalue weighted by molar-refractivity contribution is 5.75. The molecule has 0 amide bonds. The van der Waals surface area contributed by atoms with Gasteiger partial charge in [-0.25, -0.2) is 0 Å². The molecule has 0 bridgehead atoms. The Hall–Kier alpha value is -1.51. The molecule has 3 heteroatoms. The molecular weight excluding hydrogens is 178 g/mol. The number of methoxy groups -OCH3 is 1. The lowest BCUT2D eigenvalue weighted by atomic mass is 10.1. The van der Waals surface area contributed by atoms with E-state index in [0.29, 0.717) is 0 Å². The van der Waals surface area contributed by atoms with Gasteiger partial charge in [0.05, 0.1) is 7.11 Å². The number of hydrogen-bond donors (Lipinski definition) is 1. The average molecular weight is 193 g/mol. The van der Waals surface area contributed by atoms with Crippen LogP contribution in [0, 0.1) is 13.8 Å². The van der Waals surface area contributed by atoms with Gasteiger partial charge in [0, 0.05) is 5.69 Å². The first-order valence-corrected chi connectivity index (χ1v) is 4.51. The third-order valence-electron chi connectivity index (χ3n) is 2.04. The maximum atomic E-state index is 10.9. The van der Waals surface area contributed by atoms with E-state index in [1.807, 2.05) is 32.0 Å². The molecule has 0 aliphatic rings. The highest BCUT2D eigenvalue weighted by atomic mass is 16.5. The molecule has 1 rings (SSSR count). The number of benzene rings is 1. The van der Waals surface area contributed by atoms with Gasteiger partial charge in [-0.2, -0.15) is 0 Å². The largest absolute Gasteiger partial charge is 0.468 e. The van der Waals surface area contributed by atoms with Gasteiger partial charge in [-0.1, -0.05) is 12.1 Å². The van der Waals surface area contributed by atoms with Gasteiger partial charge in [-0.05, 0) is 31.0 Å². The Kier molecular flexibility index (Phi) is 3.51. The van der Waals surface area contributed by atoms with Crippen LogP contribution in [-0.4, -0.2) is 19.6 Å². The average Bonchev–Trinajstić information content (AvgIpc) is 2.19. The molecule has 0 atom stereocenters. The second kappa shape index (κ2) is 4.65. The third kappa shape index (κ3) is 2.76. The Morgan fingerprint density at radius 2 is 2.14 bits per heavy atom. The molecule has 0 heterocycles. The van der Waals surface area contributed by atoms with E-state index in [0.717, 1.165) is 11.3 Å². The second-order valence-electron chi connectivity index (χ2n) is 3.25. The van der Waals surface area contributed by atoms with Crippen LogP contribution in [0.5, 0.6) is 0 Å². The molecular formula is C11H15NO2. The summed E-state index contributed by atoms with van der Waals surface area (Å²) in [5, 5.41) is 3.03. The van der Waals surface area contributed by atoms with E-state index in [1.165, 1.54) is 12.7 Å². The molecule has 0 radical (unpaired) electrons. The van der Waals surface area contributed by atoms with Crippen molar-refractivity contribution < 1.29 is 9.53 Å². The Labute approximate surface area is 84.1 Å². The summed E-state index contributed by atoms with van der Waals surface area (Å²) >= 11 is 0. The summed E-state index contributed by atoms with van der Waals surface area (Å²) in [6, 6.07) is 6.08. The normalized spacial score (nSPS) is 9.64. The lowest BCUT2D eigenvalue weighted by Gasteiger charge is -2.08. The van der Waals surface area contributed by atoms with Gasteiger partial charge in [0.1, 0.15) is 6.54 Å². The topological polar surface area (TPSA) is 38.3 Å². The number of ether oxygens (including phenoxy) is 1. The van der Waals surface area contributed by atoms with E-state index in [2.05, 4.69) is 10.1 Å². The van der Waals surface area contributed by atoms with Gasteiger partial charge in [-0.15, -0.1) is 0 Å². The molecule has 0 spiro atoms. The van der Waals surface area contributed by atoms with Crippen molar-refractivity contribution in [2.24, 2.45) is 0 Å². The highest BCUT2D eigenvalue weighted by Gasteiger charge is 2.01. The van der Waals surface area contributed by atoms with Crippen LogP contribution < -0.4 is 5.32 Å². The van der Waals surface area contributed by atoms with Crippen molar-refractivity contribution in [2.75, 3.05) is 19.0 Å². The molecule has 1 aromatic carbocycles. The second-order valence-corrected chi connectivity index (χ2v) is 3.25. The Morgan fingerprint density at radius 3 is 2.79 bits per heavy atom. The number of anilines is 1. The fraction of sp³-hybridized carbons (Fsp3) is 0.364. The number of rotatable bonds is 3. The number of carbonyl (C=O) groups excluding carboxylic acids is 1. The predicted octanol–water partition coefficient (Wildman–Crippen LogP) is 1.89. The first-order valence-electron chi connectivity index (χ1n) is 4.51. The summed E-state index contributed by atoms with van der Waals surface area (Å²) in [6.07, 6.45) is 0. The van der Waals surface area contributed by atoms with Crippen LogP contribution >= 0.6 is 0 Å². The number of hydrogen-bond acceptors (Lipinski definition) is 3. The maximum Gasteiger partial charge on any atom is 0.325 e. The van der Waals surface area contributed by atoms with E-state index in [9.17, 15) is 4.79 Å². The first-order chi connectivity index (χ1) is 6.63. The fourth-order valence-corrected chi connectivity index (χ4v) is 1.17. The minimum absolute atomic E-state index is 0.209. The zero-order valence-corrected chi connectivity index (χ0v) is 8.76. The van der Waals surface area contributed by atoms with E-state index >= 15 is 0 Å². The number of esters is 1. The van der Waals surface area contributed by atoms with Crippen LogP contribution in [0.4, 0.5) is 5.69 Å². The van der Waals surface area contributed by atoms with Crippen molar-refractivity contribution in [2.45, 2.75) is 13.8 Å². The molecule has 1 aromatic rings. The smallest absolute Gasteiger partial charge is 0.325 e. The van der Waals surface area contributed by atoms with Gasteiger partial charge < -0.3 is 10.1 Å². The molecule has 0 saturated heterocycles. The van der Waals surface area contributed by atoms with Crippen molar-refractivity contribution in [3.63, 3.8) is 0 Å². The summed E-state index contributed by atoms with van der Waals surface area (Å²) in [4.78, 5) is 10.9.